The summed E-state index contributed by atoms with van der Waals surface area (Å²) in [6.45, 7) is 0.868. The molecule has 2 fully saturated rings. The van der Waals surface area contributed by atoms with E-state index in [-0.39, 0.29) is 11.9 Å². The van der Waals surface area contributed by atoms with Crippen LogP contribution in [0.5, 0.6) is 0 Å². The van der Waals surface area contributed by atoms with E-state index in [0.717, 1.165) is 32.2 Å². The van der Waals surface area contributed by atoms with Gasteiger partial charge in [-0.2, -0.15) is 0 Å². The van der Waals surface area contributed by atoms with Crippen molar-refractivity contribution in [2.24, 2.45) is 0 Å². The maximum Gasteiger partial charge on any atom is 0.243 e. The second-order valence-corrected chi connectivity index (χ2v) is 5.74. The molecule has 1 amide bonds. The van der Waals surface area contributed by atoms with Gasteiger partial charge in [0.2, 0.25) is 11.9 Å². The highest BCUT2D eigenvalue weighted by atomic mass is 16.2. The normalized spacial score (nSPS) is 23.8. The van der Waals surface area contributed by atoms with Gasteiger partial charge < -0.3 is 10.2 Å². The Balaban J connectivity index is 1.64. The summed E-state index contributed by atoms with van der Waals surface area (Å²) in [6.07, 6.45) is 11.4. The van der Waals surface area contributed by atoms with Gasteiger partial charge in [-0.3, -0.25) is 4.79 Å². The van der Waals surface area contributed by atoms with Crippen molar-refractivity contribution in [3.05, 3.63) is 18.5 Å². The summed E-state index contributed by atoms with van der Waals surface area (Å²) in [5.41, 5.74) is 0. The van der Waals surface area contributed by atoms with Gasteiger partial charge in [0, 0.05) is 25.0 Å². The van der Waals surface area contributed by atoms with Gasteiger partial charge >= 0.3 is 0 Å². The predicted octanol–water partition coefficient (Wildman–Crippen LogP) is 1.89. The van der Waals surface area contributed by atoms with Crippen LogP contribution in [0.4, 0.5) is 5.95 Å². The molecule has 1 saturated carbocycles. The fourth-order valence-corrected chi connectivity index (χ4v) is 3.26. The van der Waals surface area contributed by atoms with Crippen molar-refractivity contribution >= 4 is 11.9 Å². The lowest BCUT2D eigenvalue weighted by atomic mass is 9.95. The van der Waals surface area contributed by atoms with Crippen molar-refractivity contribution in [1.82, 2.24) is 15.3 Å². The first-order chi connectivity index (χ1) is 9.84. The van der Waals surface area contributed by atoms with Gasteiger partial charge in [-0.25, -0.2) is 9.97 Å². The summed E-state index contributed by atoms with van der Waals surface area (Å²) >= 11 is 0. The standard InChI is InChI=1S/C15H22N4O/c20-14(18-12-6-2-1-3-7-12)13-8-4-11-19(13)15-16-9-5-10-17-15/h5,9-10,12-13H,1-4,6-8,11H2,(H,18,20). The summed E-state index contributed by atoms with van der Waals surface area (Å²) in [4.78, 5) is 23.1. The molecule has 1 atom stereocenters. The molecule has 5 heteroatoms. The molecule has 0 spiro atoms. The van der Waals surface area contributed by atoms with Gasteiger partial charge in [0.1, 0.15) is 6.04 Å². The largest absolute Gasteiger partial charge is 0.352 e. The first kappa shape index (κ1) is 13.3. The van der Waals surface area contributed by atoms with E-state index >= 15 is 0 Å². The monoisotopic (exact) mass is 274 g/mol. The minimum Gasteiger partial charge on any atom is -0.352 e. The molecule has 1 aromatic rings. The molecule has 5 nitrogen and oxygen atoms in total. The number of rotatable bonds is 3. The van der Waals surface area contributed by atoms with Crippen molar-refractivity contribution in [2.75, 3.05) is 11.4 Å². The molecule has 0 aromatic carbocycles. The third-order valence-electron chi connectivity index (χ3n) is 4.32. The Bertz CT molecular complexity index is 444. The average molecular weight is 274 g/mol. The lowest BCUT2D eigenvalue weighted by molar-refractivity contribution is -0.123. The van der Waals surface area contributed by atoms with E-state index < -0.39 is 0 Å². The van der Waals surface area contributed by atoms with Gasteiger partial charge in [-0.1, -0.05) is 19.3 Å². The SMILES string of the molecule is O=C(NC1CCCCC1)C1CCCN1c1ncccn1. The Morgan fingerprint density at radius 3 is 2.60 bits per heavy atom. The van der Waals surface area contributed by atoms with Crippen LogP contribution in [-0.2, 0) is 4.79 Å². The molecule has 1 aliphatic carbocycles. The van der Waals surface area contributed by atoms with Gasteiger partial charge in [0.15, 0.2) is 0 Å². The number of carbonyl (C=O) groups is 1. The Hall–Kier alpha value is -1.65. The number of hydrogen-bond donors (Lipinski definition) is 1. The lowest BCUT2D eigenvalue weighted by Gasteiger charge is -2.28. The molecule has 2 aliphatic rings. The first-order valence-electron chi connectivity index (χ1n) is 7.68. The van der Waals surface area contributed by atoms with E-state index in [1.54, 1.807) is 18.5 Å². The van der Waals surface area contributed by atoms with E-state index in [2.05, 4.69) is 15.3 Å². The smallest absolute Gasteiger partial charge is 0.243 e. The van der Waals surface area contributed by atoms with Gasteiger partial charge in [-0.05, 0) is 31.7 Å². The topological polar surface area (TPSA) is 58.1 Å². The molecule has 108 valence electrons. The Morgan fingerprint density at radius 2 is 1.85 bits per heavy atom. The van der Waals surface area contributed by atoms with E-state index in [4.69, 9.17) is 0 Å². The maximum atomic E-state index is 12.5. The zero-order chi connectivity index (χ0) is 13.8. The highest BCUT2D eigenvalue weighted by Gasteiger charge is 2.33. The molecular weight excluding hydrogens is 252 g/mol. The Labute approximate surface area is 119 Å². The van der Waals surface area contributed by atoms with Crippen LogP contribution in [0.25, 0.3) is 0 Å². The van der Waals surface area contributed by atoms with Crippen LogP contribution in [0.2, 0.25) is 0 Å². The van der Waals surface area contributed by atoms with E-state index in [9.17, 15) is 4.79 Å². The first-order valence-corrected chi connectivity index (χ1v) is 7.68. The van der Waals surface area contributed by atoms with E-state index in [0.29, 0.717) is 12.0 Å². The third-order valence-corrected chi connectivity index (χ3v) is 4.32. The zero-order valence-electron chi connectivity index (χ0n) is 11.8. The number of aromatic nitrogens is 2. The number of anilines is 1. The molecular formula is C15H22N4O. The molecule has 0 radical (unpaired) electrons. The highest BCUT2D eigenvalue weighted by molar-refractivity contribution is 5.85. The van der Waals surface area contributed by atoms with E-state index in [1.807, 2.05) is 4.90 Å². The van der Waals surface area contributed by atoms with Crippen molar-refractivity contribution in [1.29, 1.82) is 0 Å². The molecule has 1 aromatic heterocycles. The molecule has 1 saturated heterocycles. The number of nitrogens with one attached hydrogen (secondary N) is 1. The van der Waals surface area contributed by atoms with Crippen molar-refractivity contribution < 1.29 is 4.79 Å². The number of carbonyl (C=O) groups excluding carboxylic acids is 1. The van der Waals surface area contributed by atoms with Crippen LogP contribution in [0.15, 0.2) is 18.5 Å². The van der Waals surface area contributed by atoms with E-state index in [1.165, 1.54) is 19.3 Å². The molecule has 20 heavy (non-hydrogen) atoms. The predicted molar refractivity (Wildman–Crippen MR) is 77.4 cm³/mol. The number of hydrogen-bond acceptors (Lipinski definition) is 4. The summed E-state index contributed by atoms with van der Waals surface area (Å²) in [5, 5.41) is 3.22. The Kier molecular flexibility index (Phi) is 4.14. The van der Waals surface area contributed by atoms with Crippen molar-refractivity contribution in [2.45, 2.75) is 57.0 Å². The highest BCUT2D eigenvalue weighted by Crippen LogP contribution is 2.23. The Morgan fingerprint density at radius 1 is 1.10 bits per heavy atom. The maximum absolute atomic E-state index is 12.5. The summed E-state index contributed by atoms with van der Waals surface area (Å²) in [7, 11) is 0. The third kappa shape index (κ3) is 2.92. The van der Waals surface area contributed by atoms with Crippen LogP contribution in [-0.4, -0.2) is 34.5 Å². The van der Waals surface area contributed by atoms with Crippen LogP contribution >= 0.6 is 0 Å². The summed E-state index contributed by atoms with van der Waals surface area (Å²) in [6, 6.07) is 2.08. The van der Waals surface area contributed by atoms with Crippen LogP contribution in [0.3, 0.4) is 0 Å². The fourth-order valence-electron chi connectivity index (χ4n) is 3.26. The van der Waals surface area contributed by atoms with Gasteiger partial charge in [-0.15, -0.1) is 0 Å². The summed E-state index contributed by atoms with van der Waals surface area (Å²) in [5.74, 6) is 0.829. The number of amides is 1. The number of nitrogens with zero attached hydrogens (tertiary/aromatic N) is 3. The second-order valence-electron chi connectivity index (χ2n) is 5.74. The molecule has 3 rings (SSSR count). The molecule has 1 unspecified atom stereocenters. The van der Waals surface area contributed by atoms with Crippen molar-refractivity contribution in [3.63, 3.8) is 0 Å². The van der Waals surface area contributed by atoms with Crippen LogP contribution in [0, 0.1) is 0 Å². The van der Waals surface area contributed by atoms with Crippen LogP contribution < -0.4 is 10.2 Å². The van der Waals surface area contributed by atoms with Gasteiger partial charge in [0.25, 0.3) is 0 Å². The van der Waals surface area contributed by atoms with Gasteiger partial charge in [0.05, 0.1) is 0 Å². The fraction of sp³-hybridized carbons (Fsp3) is 0.667. The minimum absolute atomic E-state index is 0.0978. The quantitative estimate of drug-likeness (QED) is 0.914. The molecule has 0 bridgehead atoms. The molecule has 2 heterocycles. The average Bonchev–Trinajstić information content (AvgIpc) is 2.99. The molecule has 1 N–H and O–H groups in total. The van der Waals surface area contributed by atoms with Crippen molar-refractivity contribution in [3.8, 4) is 0 Å². The second kappa shape index (κ2) is 6.20. The minimum atomic E-state index is -0.0978. The lowest BCUT2D eigenvalue weighted by Crippen LogP contribution is -2.48. The van der Waals surface area contributed by atoms with Crippen LogP contribution in [0.1, 0.15) is 44.9 Å². The summed E-state index contributed by atoms with van der Waals surface area (Å²) < 4.78 is 0. The zero-order valence-corrected chi connectivity index (χ0v) is 11.8. The molecule has 1 aliphatic heterocycles.